The molecule has 0 aliphatic carbocycles. The van der Waals surface area contributed by atoms with Crippen molar-refractivity contribution >= 4 is 23.3 Å². The summed E-state index contributed by atoms with van der Waals surface area (Å²) in [4.78, 5) is 25.1. The summed E-state index contributed by atoms with van der Waals surface area (Å²) in [5, 5.41) is 6.93. The summed E-state index contributed by atoms with van der Waals surface area (Å²) in [6.45, 7) is 5.32. The van der Waals surface area contributed by atoms with Gasteiger partial charge >= 0.3 is 0 Å². The maximum Gasteiger partial charge on any atom is 0.263 e. The lowest BCUT2D eigenvalue weighted by atomic mass is 10.0. The molecule has 0 saturated carbocycles. The summed E-state index contributed by atoms with van der Waals surface area (Å²) in [5.74, 6) is 0.310. The number of benzene rings is 2. The summed E-state index contributed by atoms with van der Waals surface area (Å²) in [6, 6.07) is 13.8. The van der Waals surface area contributed by atoms with E-state index in [0.29, 0.717) is 21.9 Å². The summed E-state index contributed by atoms with van der Waals surface area (Å²) < 4.78 is 5.90. The minimum Gasteiger partial charge on any atom is -0.478 e. The van der Waals surface area contributed by atoms with Gasteiger partial charge < -0.3 is 15.4 Å². The monoisotopic (exact) mass is 400 g/mol. The number of carbonyl (C=O) groups is 2. The van der Waals surface area contributed by atoms with Crippen LogP contribution in [0.2, 0.25) is 5.02 Å². The van der Waals surface area contributed by atoms with E-state index in [1.54, 1.807) is 62.4 Å². The number of halogens is 1. The van der Waals surface area contributed by atoms with Crippen LogP contribution in [0.4, 0.5) is 0 Å². The molecule has 1 saturated heterocycles. The number of rotatable bonds is 6. The van der Waals surface area contributed by atoms with Crippen LogP contribution in [0, 0.1) is 0 Å². The van der Waals surface area contributed by atoms with E-state index in [9.17, 15) is 9.59 Å². The number of ketones is 1. The Kier molecular flexibility index (Phi) is 6.37. The fourth-order valence-corrected chi connectivity index (χ4v) is 3.23. The van der Waals surface area contributed by atoms with E-state index in [1.165, 1.54) is 0 Å². The van der Waals surface area contributed by atoms with Crippen LogP contribution in [0.1, 0.15) is 42.6 Å². The molecule has 28 heavy (non-hydrogen) atoms. The highest BCUT2D eigenvalue weighted by atomic mass is 35.5. The average Bonchev–Trinajstić information content (AvgIpc) is 2.69. The molecule has 1 fully saturated rings. The van der Waals surface area contributed by atoms with E-state index in [2.05, 4.69) is 10.6 Å². The first kappa shape index (κ1) is 20.4. The Bertz CT molecular complexity index is 826. The maximum absolute atomic E-state index is 12.6. The molecule has 3 rings (SSSR count). The van der Waals surface area contributed by atoms with E-state index in [1.807, 2.05) is 0 Å². The van der Waals surface area contributed by atoms with Crippen molar-refractivity contribution in [1.29, 1.82) is 0 Å². The van der Waals surface area contributed by atoms with Crippen LogP contribution in [-0.4, -0.2) is 36.4 Å². The third kappa shape index (κ3) is 5.12. The number of nitrogens with one attached hydrogen (secondary N) is 2. The van der Waals surface area contributed by atoms with Crippen molar-refractivity contribution in [1.82, 2.24) is 10.6 Å². The highest BCUT2D eigenvalue weighted by Gasteiger charge is 2.32. The molecular formula is C22H25ClN2O3. The van der Waals surface area contributed by atoms with Gasteiger partial charge in [0.05, 0.1) is 0 Å². The number of ether oxygens (including phenoxy) is 1. The third-order valence-electron chi connectivity index (χ3n) is 4.82. The summed E-state index contributed by atoms with van der Waals surface area (Å²) in [5.41, 5.74) is 0.110. The highest BCUT2D eigenvalue weighted by Crippen LogP contribution is 2.21. The Hall–Kier alpha value is -2.37. The molecule has 1 aliphatic rings. The first-order valence-electron chi connectivity index (χ1n) is 9.46. The van der Waals surface area contributed by atoms with Crippen molar-refractivity contribution < 1.29 is 14.3 Å². The van der Waals surface area contributed by atoms with Crippen LogP contribution in [0.15, 0.2) is 48.5 Å². The highest BCUT2D eigenvalue weighted by molar-refractivity contribution is 6.30. The Balaban J connectivity index is 1.63. The van der Waals surface area contributed by atoms with Crippen molar-refractivity contribution in [3.8, 4) is 5.75 Å². The zero-order chi connectivity index (χ0) is 20.1. The summed E-state index contributed by atoms with van der Waals surface area (Å²) in [6.07, 6.45) is 1.84. The van der Waals surface area contributed by atoms with Gasteiger partial charge in [0.25, 0.3) is 5.91 Å². The molecular weight excluding hydrogens is 376 g/mol. The van der Waals surface area contributed by atoms with Gasteiger partial charge in [-0.1, -0.05) is 11.6 Å². The molecule has 2 N–H and O–H groups in total. The molecule has 5 nitrogen and oxygen atoms in total. The van der Waals surface area contributed by atoms with Gasteiger partial charge in [0, 0.05) is 22.2 Å². The van der Waals surface area contributed by atoms with Gasteiger partial charge in [-0.3, -0.25) is 9.59 Å². The predicted octanol–water partition coefficient (Wildman–Crippen LogP) is 3.60. The lowest BCUT2D eigenvalue weighted by Crippen LogP contribution is -2.52. The second-order valence-electron chi connectivity index (χ2n) is 7.47. The van der Waals surface area contributed by atoms with Gasteiger partial charge in [0.15, 0.2) is 11.4 Å². The zero-order valence-electron chi connectivity index (χ0n) is 16.1. The molecule has 1 aliphatic heterocycles. The molecule has 0 aromatic heterocycles. The van der Waals surface area contributed by atoms with E-state index in [-0.39, 0.29) is 17.7 Å². The second kappa shape index (κ2) is 8.76. The van der Waals surface area contributed by atoms with Gasteiger partial charge in [0.1, 0.15) is 5.75 Å². The van der Waals surface area contributed by atoms with Crippen LogP contribution in [-0.2, 0) is 4.79 Å². The zero-order valence-corrected chi connectivity index (χ0v) is 16.9. The van der Waals surface area contributed by atoms with Crippen molar-refractivity contribution in [2.24, 2.45) is 0 Å². The van der Waals surface area contributed by atoms with Crippen LogP contribution < -0.4 is 15.4 Å². The maximum atomic E-state index is 12.6. The quantitative estimate of drug-likeness (QED) is 0.727. The minimum atomic E-state index is -1.01. The van der Waals surface area contributed by atoms with Crippen LogP contribution >= 0.6 is 11.6 Å². The lowest BCUT2D eigenvalue weighted by Gasteiger charge is -2.30. The largest absolute Gasteiger partial charge is 0.478 e. The Labute approximate surface area is 170 Å². The van der Waals surface area contributed by atoms with Crippen LogP contribution in [0.3, 0.4) is 0 Å². The standard InChI is InChI=1S/C22H25ClN2O3/c1-22(2,21(27)25-18-11-13-24-14-12-18)28-19-9-5-16(6-10-19)20(26)15-3-7-17(23)8-4-15/h3-10,18,24H,11-14H2,1-2H3,(H,25,27). The second-order valence-corrected chi connectivity index (χ2v) is 7.91. The summed E-state index contributed by atoms with van der Waals surface area (Å²) in [7, 11) is 0. The minimum absolute atomic E-state index is 0.0915. The average molecular weight is 401 g/mol. The van der Waals surface area contributed by atoms with Gasteiger partial charge in [-0.15, -0.1) is 0 Å². The van der Waals surface area contributed by atoms with Gasteiger partial charge in [-0.2, -0.15) is 0 Å². The van der Waals surface area contributed by atoms with Crippen LogP contribution in [0.25, 0.3) is 0 Å². The molecule has 1 amide bonds. The molecule has 6 heteroatoms. The van der Waals surface area contributed by atoms with Crippen molar-refractivity contribution in [3.05, 3.63) is 64.7 Å². The van der Waals surface area contributed by atoms with Crippen LogP contribution in [0.5, 0.6) is 5.75 Å². The van der Waals surface area contributed by atoms with Crippen molar-refractivity contribution in [2.75, 3.05) is 13.1 Å². The molecule has 1 heterocycles. The molecule has 0 spiro atoms. The van der Waals surface area contributed by atoms with Gasteiger partial charge in [-0.25, -0.2) is 0 Å². The van der Waals surface area contributed by atoms with E-state index in [0.717, 1.165) is 25.9 Å². The number of hydrogen-bond donors (Lipinski definition) is 2. The smallest absolute Gasteiger partial charge is 0.263 e. The van der Waals surface area contributed by atoms with Crippen molar-refractivity contribution in [3.63, 3.8) is 0 Å². The van der Waals surface area contributed by atoms with Gasteiger partial charge in [0.2, 0.25) is 0 Å². The number of piperidine rings is 1. The molecule has 2 aromatic rings. The first-order valence-corrected chi connectivity index (χ1v) is 9.84. The van der Waals surface area contributed by atoms with E-state index < -0.39 is 5.60 Å². The lowest BCUT2D eigenvalue weighted by molar-refractivity contribution is -0.135. The first-order chi connectivity index (χ1) is 13.3. The number of carbonyl (C=O) groups excluding carboxylic acids is 2. The van der Waals surface area contributed by atoms with Gasteiger partial charge in [-0.05, 0) is 88.3 Å². The molecule has 0 atom stereocenters. The molecule has 0 unspecified atom stereocenters. The fraction of sp³-hybridized carbons (Fsp3) is 0.364. The molecule has 0 radical (unpaired) electrons. The fourth-order valence-electron chi connectivity index (χ4n) is 3.11. The molecule has 148 valence electrons. The Morgan fingerprint density at radius 3 is 2.11 bits per heavy atom. The predicted molar refractivity (Wildman–Crippen MR) is 110 cm³/mol. The third-order valence-corrected chi connectivity index (χ3v) is 5.07. The van der Waals surface area contributed by atoms with Crippen molar-refractivity contribution in [2.45, 2.75) is 38.3 Å². The molecule has 2 aromatic carbocycles. The SMILES string of the molecule is CC(C)(Oc1ccc(C(=O)c2ccc(Cl)cc2)cc1)C(=O)NC1CCNCC1. The number of hydrogen-bond acceptors (Lipinski definition) is 4. The Morgan fingerprint density at radius 2 is 1.54 bits per heavy atom. The van der Waals surface area contributed by atoms with E-state index in [4.69, 9.17) is 16.3 Å². The number of amides is 1. The molecule has 0 bridgehead atoms. The normalized spacial score (nSPS) is 15.1. The Morgan fingerprint density at radius 1 is 1.00 bits per heavy atom. The topological polar surface area (TPSA) is 67.4 Å². The summed E-state index contributed by atoms with van der Waals surface area (Å²) >= 11 is 5.87. The van der Waals surface area contributed by atoms with E-state index >= 15 is 0 Å².